The molecule has 16 rings (SSSR count). The maximum absolute atomic E-state index is 5.70. The zero-order chi connectivity index (χ0) is 75.4. The van der Waals surface area contributed by atoms with Gasteiger partial charge < -0.3 is 0 Å². The Morgan fingerprint density at radius 3 is 0.583 bits per heavy atom. The Kier molecular flexibility index (Phi) is 17.7. The van der Waals surface area contributed by atoms with E-state index in [1.165, 1.54) is 66.8 Å². The fourth-order valence-corrected chi connectivity index (χ4v) is 17.4. The van der Waals surface area contributed by atoms with Crippen LogP contribution in [0.1, 0.15) is 134 Å². The molecule has 0 amide bonds. The van der Waals surface area contributed by atoms with Crippen LogP contribution in [0.5, 0.6) is 0 Å². The molecular weight excluding hydrogens is 1310 g/mol. The third kappa shape index (κ3) is 12.9. The molecule has 522 valence electrons. The number of pyridine rings is 6. The van der Waals surface area contributed by atoms with Crippen molar-refractivity contribution in [2.75, 3.05) is 0 Å². The molecule has 0 fully saturated rings. The highest BCUT2D eigenvalue weighted by Crippen LogP contribution is 2.41. The number of hydrogen-bond donors (Lipinski definition) is 0. The van der Waals surface area contributed by atoms with Crippen LogP contribution in [-0.4, -0.2) is 29.9 Å². The van der Waals surface area contributed by atoms with Gasteiger partial charge in [0.05, 0.1) is 84.0 Å². The van der Waals surface area contributed by atoms with Crippen molar-refractivity contribution in [3.8, 4) is 103 Å². The van der Waals surface area contributed by atoms with Crippen LogP contribution >= 0.6 is 0 Å². The zero-order valence-electron chi connectivity index (χ0n) is 65.0. The van der Waals surface area contributed by atoms with E-state index in [1.807, 2.05) is 0 Å². The predicted molar refractivity (Wildman–Crippen MR) is 453 cm³/mol. The normalized spacial score (nSPS) is 11.4. The fourth-order valence-electron chi connectivity index (χ4n) is 17.4. The molecule has 0 aliphatic heterocycles. The van der Waals surface area contributed by atoms with E-state index in [0.717, 1.165) is 200 Å². The Morgan fingerprint density at radius 2 is 0.361 bits per heavy atom. The molecule has 0 radical (unpaired) electrons. The topological polar surface area (TPSA) is 77.3 Å². The van der Waals surface area contributed by atoms with E-state index in [2.05, 4.69) is 342 Å². The van der Waals surface area contributed by atoms with Crippen LogP contribution in [0.4, 0.5) is 0 Å². The highest BCUT2D eigenvalue weighted by molar-refractivity contribution is 6.08. The minimum absolute atomic E-state index is 0.743. The van der Waals surface area contributed by atoms with E-state index in [4.69, 9.17) is 29.9 Å². The second-order valence-corrected chi connectivity index (χ2v) is 30.6. The van der Waals surface area contributed by atoms with Gasteiger partial charge in [0.1, 0.15) is 0 Å². The predicted octanol–water partition coefficient (Wildman–Crippen LogP) is 24.7. The Morgan fingerprint density at radius 1 is 0.176 bits per heavy atom. The third-order valence-corrected chi connectivity index (χ3v) is 21.4. The molecule has 0 aliphatic rings. The van der Waals surface area contributed by atoms with Gasteiger partial charge in [-0.05, 0) is 246 Å². The molecule has 6 heterocycles. The van der Waals surface area contributed by atoms with Crippen molar-refractivity contribution in [3.63, 3.8) is 0 Å². The Hall–Kier alpha value is -12.7. The van der Waals surface area contributed by atoms with Crippen molar-refractivity contribution in [1.82, 2.24) is 29.9 Å². The van der Waals surface area contributed by atoms with Crippen LogP contribution in [0.15, 0.2) is 182 Å². The highest BCUT2D eigenvalue weighted by Gasteiger charge is 2.23. The van der Waals surface area contributed by atoms with Gasteiger partial charge in [0.15, 0.2) is 0 Å². The minimum Gasteiger partial charge on any atom is -0.245 e. The van der Waals surface area contributed by atoms with Crippen molar-refractivity contribution >= 4 is 65.4 Å². The van der Waals surface area contributed by atoms with Gasteiger partial charge in [0.25, 0.3) is 0 Å². The molecule has 0 aliphatic carbocycles. The van der Waals surface area contributed by atoms with E-state index in [0.29, 0.717) is 0 Å². The van der Waals surface area contributed by atoms with Gasteiger partial charge in [-0.2, -0.15) is 0 Å². The van der Waals surface area contributed by atoms with E-state index >= 15 is 0 Å². The van der Waals surface area contributed by atoms with E-state index < -0.39 is 0 Å². The molecule has 6 heteroatoms. The summed E-state index contributed by atoms with van der Waals surface area (Å²) in [6, 6.07) is 65.6. The Labute approximate surface area is 634 Å². The van der Waals surface area contributed by atoms with Crippen molar-refractivity contribution in [3.05, 3.63) is 316 Å². The van der Waals surface area contributed by atoms with Gasteiger partial charge in [0, 0.05) is 82.4 Å². The van der Waals surface area contributed by atoms with Gasteiger partial charge >= 0.3 is 0 Å². The summed E-state index contributed by atoms with van der Waals surface area (Å²) in [6.07, 6.45) is 0. The lowest BCUT2D eigenvalue weighted by Gasteiger charge is -2.15. The van der Waals surface area contributed by atoms with Crippen LogP contribution in [0.25, 0.3) is 133 Å². The molecule has 0 atom stereocenters. The molecule has 0 N–H and O–H groups in total. The lowest BCUT2D eigenvalue weighted by molar-refractivity contribution is 1.27. The number of hydrogen-bond acceptors (Lipinski definition) is 6. The number of aryl methyl sites for hydroxylation is 18. The number of rotatable bonds is 6. The molecule has 10 aromatic carbocycles. The SMILES string of the molecule is Cc1cc(C)c(-c2ccc3ccc4cc(C#Cc5cc(C#Cc6cc7ccc8ccc(-c9c(C)cc(C)cc9C)nc8c7nc6-c6c(C)cc(C)cc6C)cc(C#Cc6cc7ccc8ccc(-c9c(C)cc(C)cc9C)nc8c7nc6-c6c(C)cc(C)cc6C)c5)c(-c5c(C)cc(C)cc5C)nc4c3n2)c(C)c1. The average molecular weight is 1390 g/mol. The molecule has 0 saturated heterocycles. The monoisotopic (exact) mass is 1390 g/mol. The summed E-state index contributed by atoms with van der Waals surface area (Å²) in [7, 11) is 0. The first kappa shape index (κ1) is 69.7. The second-order valence-electron chi connectivity index (χ2n) is 30.6. The third-order valence-electron chi connectivity index (χ3n) is 21.4. The van der Waals surface area contributed by atoms with Crippen molar-refractivity contribution in [1.29, 1.82) is 0 Å². The van der Waals surface area contributed by atoms with Crippen LogP contribution in [0.2, 0.25) is 0 Å². The lowest BCUT2D eigenvalue weighted by atomic mass is 9.93. The molecule has 0 saturated carbocycles. The highest BCUT2D eigenvalue weighted by atomic mass is 14.8. The van der Waals surface area contributed by atoms with Gasteiger partial charge in [-0.1, -0.05) is 196 Å². The van der Waals surface area contributed by atoms with Gasteiger partial charge in [-0.15, -0.1) is 0 Å². The molecule has 0 spiro atoms. The Bertz CT molecular complexity index is 6040. The van der Waals surface area contributed by atoms with Crippen LogP contribution in [-0.2, 0) is 0 Å². The van der Waals surface area contributed by atoms with Crippen LogP contribution < -0.4 is 0 Å². The van der Waals surface area contributed by atoms with Crippen LogP contribution in [0, 0.1) is 160 Å². The summed E-state index contributed by atoms with van der Waals surface area (Å²) in [4.78, 5) is 33.5. The maximum Gasteiger partial charge on any atom is 0.0973 e. The maximum atomic E-state index is 5.70. The summed E-state index contributed by atoms with van der Waals surface area (Å²) >= 11 is 0. The molecule has 6 nitrogen and oxygen atoms in total. The molecule has 108 heavy (non-hydrogen) atoms. The van der Waals surface area contributed by atoms with E-state index in [-0.39, 0.29) is 0 Å². The fraction of sp³-hybridized carbons (Fsp3) is 0.176. The smallest absolute Gasteiger partial charge is 0.0973 e. The first-order valence-electron chi connectivity index (χ1n) is 37.3. The van der Waals surface area contributed by atoms with Gasteiger partial charge in [0.2, 0.25) is 0 Å². The molecule has 6 aromatic heterocycles. The van der Waals surface area contributed by atoms with Crippen molar-refractivity contribution in [2.45, 2.75) is 125 Å². The Balaban J connectivity index is 0.915. The number of aromatic nitrogens is 6. The molecule has 0 unspecified atom stereocenters. The number of fused-ring (bicyclic) bond motifs is 9. The van der Waals surface area contributed by atoms with E-state index in [1.54, 1.807) is 0 Å². The molecule has 16 aromatic rings. The number of nitrogens with zero attached hydrogens (tertiary/aromatic N) is 6. The first-order valence-corrected chi connectivity index (χ1v) is 37.3. The summed E-state index contributed by atoms with van der Waals surface area (Å²) in [5.74, 6) is 22.4. The van der Waals surface area contributed by atoms with Gasteiger partial charge in [-0.3, -0.25) is 0 Å². The number of benzene rings is 10. The molecular formula is C102H84N6. The second kappa shape index (κ2) is 27.4. The van der Waals surface area contributed by atoms with Gasteiger partial charge in [-0.25, -0.2) is 29.9 Å². The summed E-state index contributed by atoms with van der Waals surface area (Å²) in [6.45, 7) is 39.0. The average Bonchev–Trinajstić information content (AvgIpc) is 0.759. The lowest BCUT2D eigenvalue weighted by Crippen LogP contribution is -1.99. The first-order chi connectivity index (χ1) is 51.8. The van der Waals surface area contributed by atoms with Crippen molar-refractivity contribution < 1.29 is 0 Å². The van der Waals surface area contributed by atoms with Crippen molar-refractivity contribution in [2.24, 2.45) is 0 Å². The molecule has 0 bridgehead atoms. The van der Waals surface area contributed by atoms with E-state index in [9.17, 15) is 0 Å². The van der Waals surface area contributed by atoms with Crippen LogP contribution in [0.3, 0.4) is 0 Å². The summed E-state index contributed by atoms with van der Waals surface area (Å²) in [5, 5.41) is 5.91. The standard InChI is InChI=1S/C102H84N6/c1-55-37-61(7)88(62(8)38-55)85-34-31-76-25-28-82-52-79(94(106-100(82)97(76)103-85)91-67(13)43-58(4)44-68(91)14)22-19-73-49-74(20-23-80-53-83-29-26-77-32-35-86(89-63(9)39-56(2)40-64(89)10)104-98(77)101(83)107-95(80)92-69(15)45-59(5)46-70(92)16)51-75(50-73)21-24-81-54-84-30-27-78-33-36-87(90-65(11)41-57(3)42-66(90)12)105-99(78)102(84)108-96(81)93-71(17)47-60(6)48-72(93)18/h25-54H,1-18H3. The quantitative estimate of drug-likeness (QED) is 0.122. The minimum atomic E-state index is 0.743. The zero-order valence-corrected chi connectivity index (χ0v) is 65.0. The summed E-state index contributed by atoms with van der Waals surface area (Å²) in [5.41, 5.74) is 42.6. The summed E-state index contributed by atoms with van der Waals surface area (Å²) < 4.78 is 0. The largest absolute Gasteiger partial charge is 0.245 e.